The summed E-state index contributed by atoms with van der Waals surface area (Å²) in [5.41, 5.74) is 6.64. The summed E-state index contributed by atoms with van der Waals surface area (Å²) in [5.74, 6) is 0.470. The van der Waals surface area contributed by atoms with Gasteiger partial charge in [-0.05, 0) is 37.0 Å². The predicted octanol–water partition coefficient (Wildman–Crippen LogP) is 2.54. The molecule has 2 rings (SSSR count). The van der Waals surface area contributed by atoms with Gasteiger partial charge in [0.05, 0.1) is 6.04 Å². The SMILES string of the molecule is CCC(C)C(N)C(=O)N1CCC2(CCCC2)CC1. The minimum atomic E-state index is -0.298. The van der Waals surface area contributed by atoms with Crippen LogP contribution >= 0.6 is 0 Å². The number of rotatable bonds is 3. The molecule has 2 fully saturated rings. The summed E-state index contributed by atoms with van der Waals surface area (Å²) in [6.45, 7) is 6.04. The number of nitrogens with two attached hydrogens (primary N) is 1. The van der Waals surface area contributed by atoms with Gasteiger partial charge in [-0.1, -0.05) is 33.1 Å². The molecule has 0 bridgehead atoms. The van der Waals surface area contributed by atoms with E-state index in [0.29, 0.717) is 11.3 Å². The van der Waals surface area contributed by atoms with Crippen molar-refractivity contribution >= 4 is 5.91 Å². The molecule has 2 atom stereocenters. The molecule has 1 saturated heterocycles. The number of likely N-dealkylation sites (tertiary alicyclic amines) is 1. The van der Waals surface area contributed by atoms with Crippen LogP contribution in [-0.2, 0) is 4.79 Å². The van der Waals surface area contributed by atoms with Gasteiger partial charge in [0.2, 0.25) is 5.91 Å². The second kappa shape index (κ2) is 5.60. The van der Waals surface area contributed by atoms with Crippen LogP contribution in [0.3, 0.4) is 0 Å². The Bertz CT molecular complexity index is 287. The summed E-state index contributed by atoms with van der Waals surface area (Å²) in [7, 11) is 0. The second-order valence-corrected chi connectivity index (χ2v) is 6.44. The Morgan fingerprint density at radius 2 is 1.78 bits per heavy atom. The van der Waals surface area contributed by atoms with Gasteiger partial charge in [-0.15, -0.1) is 0 Å². The Kier molecular flexibility index (Phi) is 4.31. The van der Waals surface area contributed by atoms with Crippen LogP contribution in [-0.4, -0.2) is 29.9 Å². The van der Waals surface area contributed by atoms with Crippen LogP contribution in [0.4, 0.5) is 0 Å². The van der Waals surface area contributed by atoms with Crippen molar-refractivity contribution in [1.82, 2.24) is 4.90 Å². The monoisotopic (exact) mass is 252 g/mol. The topological polar surface area (TPSA) is 46.3 Å². The minimum absolute atomic E-state index is 0.178. The number of piperidine rings is 1. The predicted molar refractivity (Wildman–Crippen MR) is 74.1 cm³/mol. The summed E-state index contributed by atoms with van der Waals surface area (Å²) >= 11 is 0. The Balaban J connectivity index is 1.87. The molecular formula is C15H28N2O. The van der Waals surface area contributed by atoms with E-state index in [0.717, 1.165) is 19.5 Å². The molecule has 0 aromatic heterocycles. The van der Waals surface area contributed by atoms with E-state index in [4.69, 9.17) is 5.73 Å². The lowest BCUT2D eigenvalue weighted by molar-refractivity contribution is -0.136. The first kappa shape index (κ1) is 13.9. The van der Waals surface area contributed by atoms with Gasteiger partial charge in [-0.2, -0.15) is 0 Å². The van der Waals surface area contributed by atoms with Crippen LogP contribution in [0.2, 0.25) is 0 Å². The highest BCUT2D eigenvalue weighted by atomic mass is 16.2. The van der Waals surface area contributed by atoms with Gasteiger partial charge in [0.1, 0.15) is 0 Å². The molecule has 2 N–H and O–H groups in total. The first-order valence-electron chi connectivity index (χ1n) is 7.62. The van der Waals surface area contributed by atoms with Gasteiger partial charge in [-0.25, -0.2) is 0 Å². The maximum atomic E-state index is 12.3. The van der Waals surface area contributed by atoms with Crippen molar-refractivity contribution in [2.45, 2.75) is 64.8 Å². The van der Waals surface area contributed by atoms with Gasteiger partial charge in [0, 0.05) is 13.1 Å². The standard InChI is InChI=1S/C15H28N2O/c1-3-12(2)13(16)14(18)17-10-8-15(9-11-17)6-4-5-7-15/h12-13H,3-11,16H2,1-2H3. The van der Waals surface area contributed by atoms with E-state index in [1.807, 2.05) is 4.90 Å². The summed E-state index contributed by atoms with van der Waals surface area (Å²) in [6, 6.07) is -0.298. The Labute approximate surface area is 111 Å². The van der Waals surface area contributed by atoms with Crippen molar-refractivity contribution in [2.75, 3.05) is 13.1 Å². The molecule has 1 spiro atoms. The zero-order chi connectivity index (χ0) is 13.2. The molecule has 3 nitrogen and oxygen atoms in total. The van der Waals surface area contributed by atoms with E-state index in [2.05, 4.69) is 13.8 Å². The van der Waals surface area contributed by atoms with E-state index in [1.54, 1.807) is 0 Å². The van der Waals surface area contributed by atoms with Crippen molar-refractivity contribution in [3.05, 3.63) is 0 Å². The van der Waals surface area contributed by atoms with Crippen molar-refractivity contribution in [2.24, 2.45) is 17.1 Å². The number of amides is 1. The summed E-state index contributed by atoms with van der Waals surface area (Å²) in [6.07, 6.45) is 8.92. The van der Waals surface area contributed by atoms with Crippen molar-refractivity contribution in [3.8, 4) is 0 Å². The quantitative estimate of drug-likeness (QED) is 0.839. The normalized spacial score (nSPS) is 26.3. The Morgan fingerprint density at radius 3 is 2.28 bits per heavy atom. The smallest absolute Gasteiger partial charge is 0.239 e. The molecule has 1 heterocycles. The molecule has 2 unspecified atom stereocenters. The third kappa shape index (κ3) is 2.71. The average Bonchev–Trinajstić information content (AvgIpc) is 2.85. The first-order chi connectivity index (χ1) is 8.58. The highest BCUT2D eigenvalue weighted by Gasteiger charge is 2.38. The summed E-state index contributed by atoms with van der Waals surface area (Å²) < 4.78 is 0. The molecule has 1 aliphatic heterocycles. The summed E-state index contributed by atoms with van der Waals surface area (Å²) in [4.78, 5) is 14.3. The van der Waals surface area contributed by atoms with E-state index in [9.17, 15) is 4.79 Å². The largest absolute Gasteiger partial charge is 0.341 e. The zero-order valence-corrected chi connectivity index (χ0v) is 12.0. The zero-order valence-electron chi connectivity index (χ0n) is 12.0. The molecule has 0 aromatic rings. The van der Waals surface area contributed by atoms with Gasteiger partial charge in [-0.3, -0.25) is 4.79 Å². The number of nitrogens with zero attached hydrogens (tertiary/aromatic N) is 1. The van der Waals surface area contributed by atoms with Crippen LogP contribution < -0.4 is 5.73 Å². The number of carbonyl (C=O) groups is 1. The molecule has 0 radical (unpaired) electrons. The number of hydrogen-bond donors (Lipinski definition) is 1. The fraction of sp³-hybridized carbons (Fsp3) is 0.933. The van der Waals surface area contributed by atoms with Crippen LogP contribution in [0, 0.1) is 11.3 Å². The van der Waals surface area contributed by atoms with Gasteiger partial charge in [0.25, 0.3) is 0 Å². The fourth-order valence-electron chi connectivity index (χ4n) is 3.53. The molecule has 2 aliphatic rings. The molecular weight excluding hydrogens is 224 g/mol. The minimum Gasteiger partial charge on any atom is -0.341 e. The van der Waals surface area contributed by atoms with Gasteiger partial charge in [0.15, 0.2) is 0 Å². The Morgan fingerprint density at radius 1 is 1.22 bits per heavy atom. The molecule has 1 saturated carbocycles. The van der Waals surface area contributed by atoms with E-state index >= 15 is 0 Å². The maximum Gasteiger partial charge on any atom is 0.239 e. The molecule has 0 aromatic carbocycles. The lowest BCUT2D eigenvalue weighted by Gasteiger charge is -2.40. The van der Waals surface area contributed by atoms with Crippen LogP contribution in [0.25, 0.3) is 0 Å². The van der Waals surface area contributed by atoms with Crippen molar-refractivity contribution < 1.29 is 4.79 Å². The van der Waals surface area contributed by atoms with Crippen molar-refractivity contribution in [3.63, 3.8) is 0 Å². The van der Waals surface area contributed by atoms with Crippen molar-refractivity contribution in [1.29, 1.82) is 0 Å². The van der Waals surface area contributed by atoms with Crippen LogP contribution in [0.15, 0.2) is 0 Å². The van der Waals surface area contributed by atoms with E-state index in [-0.39, 0.29) is 11.9 Å². The van der Waals surface area contributed by atoms with E-state index < -0.39 is 0 Å². The summed E-state index contributed by atoms with van der Waals surface area (Å²) in [5, 5.41) is 0. The van der Waals surface area contributed by atoms with Crippen LogP contribution in [0.1, 0.15) is 58.8 Å². The molecule has 104 valence electrons. The van der Waals surface area contributed by atoms with Gasteiger partial charge >= 0.3 is 0 Å². The second-order valence-electron chi connectivity index (χ2n) is 6.44. The number of hydrogen-bond acceptors (Lipinski definition) is 2. The first-order valence-corrected chi connectivity index (χ1v) is 7.62. The van der Waals surface area contributed by atoms with E-state index in [1.165, 1.54) is 38.5 Å². The lowest BCUT2D eigenvalue weighted by atomic mass is 9.77. The highest BCUT2D eigenvalue weighted by Crippen LogP contribution is 2.46. The highest BCUT2D eigenvalue weighted by molar-refractivity contribution is 5.82. The molecule has 1 aliphatic carbocycles. The number of carbonyl (C=O) groups excluding carboxylic acids is 1. The van der Waals surface area contributed by atoms with Gasteiger partial charge < -0.3 is 10.6 Å². The third-order valence-corrected chi connectivity index (χ3v) is 5.34. The average molecular weight is 252 g/mol. The molecule has 3 heteroatoms. The fourth-order valence-corrected chi connectivity index (χ4v) is 3.53. The lowest BCUT2D eigenvalue weighted by Crippen LogP contribution is -2.51. The third-order valence-electron chi connectivity index (χ3n) is 5.34. The molecule has 1 amide bonds. The Hall–Kier alpha value is -0.570. The maximum absolute atomic E-state index is 12.3. The molecule has 18 heavy (non-hydrogen) atoms. The van der Waals surface area contributed by atoms with Crippen LogP contribution in [0.5, 0.6) is 0 Å².